The number of carbonyl (C=O) groups is 1. The van der Waals surface area contributed by atoms with Crippen LogP contribution in [0.4, 0.5) is 0 Å². The predicted octanol–water partition coefficient (Wildman–Crippen LogP) is 1.83. The van der Waals surface area contributed by atoms with Crippen LogP contribution in [0, 0.1) is 0 Å². The summed E-state index contributed by atoms with van der Waals surface area (Å²) >= 11 is 5.80. The van der Waals surface area contributed by atoms with Crippen LogP contribution in [0.15, 0.2) is 24.3 Å². The molecule has 1 saturated heterocycles. The van der Waals surface area contributed by atoms with Crippen molar-refractivity contribution in [3.8, 4) is 0 Å². The van der Waals surface area contributed by atoms with Crippen molar-refractivity contribution < 1.29 is 4.79 Å². The minimum Gasteiger partial charge on any atom is -0.342 e. The van der Waals surface area contributed by atoms with Gasteiger partial charge in [-0.1, -0.05) is 23.7 Å². The summed E-state index contributed by atoms with van der Waals surface area (Å²) in [7, 11) is 0. The van der Waals surface area contributed by atoms with E-state index in [2.05, 4.69) is 0 Å². The molecule has 0 aromatic heterocycles. The zero-order valence-corrected chi connectivity index (χ0v) is 10.5. The van der Waals surface area contributed by atoms with Gasteiger partial charge in [0.25, 0.3) is 0 Å². The molecule has 1 aromatic rings. The summed E-state index contributed by atoms with van der Waals surface area (Å²) in [6.45, 7) is 1.57. The highest BCUT2D eigenvalue weighted by Gasteiger charge is 2.20. The first-order valence-electron chi connectivity index (χ1n) is 5.93. The first-order valence-corrected chi connectivity index (χ1v) is 6.31. The summed E-state index contributed by atoms with van der Waals surface area (Å²) in [5.74, 6) is 0.180. The average molecular weight is 253 g/mol. The van der Waals surface area contributed by atoms with Crippen molar-refractivity contribution in [2.45, 2.75) is 25.3 Å². The Kier molecular flexibility index (Phi) is 4.02. The quantitative estimate of drug-likeness (QED) is 0.873. The Bertz CT molecular complexity index is 383. The van der Waals surface area contributed by atoms with Gasteiger partial charge in [-0.2, -0.15) is 0 Å². The molecule has 0 aliphatic carbocycles. The highest BCUT2D eigenvalue weighted by molar-refractivity contribution is 6.30. The summed E-state index contributed by atoms with van der Waals surface area (Å²) in [5, 5.41) is 0.699. The Morgan fingerprint density at radius 1 is 1.29 bits per heavy atom. The Morgan fingerprint density at radius 2 is 1.88 bits per heavy atom. The first kappa shape index (κ1) is 12.4. The normalized spacial score (nSPS) is 17.2. The molecule has 17 heavy (non-hydrogen) atoms. The van der Waals surface area contributed by atoms with Gasteiger partial charge < -0.3 is 10.6 Å². The molecule has 0 atom stereocenters. The third-order valence-corrected chi connectivity index (χ3v) is 3.41. The molecule has 1 aliphatic heterocycles. The lowest BCUT2D eigenvalue weighted by Gasteiger charge is -2.30. The SMILES string of the molecule is NC1CCN(C(=O)Cc2ccc(Cl)cc2)CC1. The molecule has 1 aromatic carbocycles. The van der Waals surface area contributed by atoms with Gasteiger partial charge in [-0.3, -0.25) is 4.79 Å². The Labute approximate surface area is 107 Å². The minimum absolute atomic E-state index is 0.180. The third-order valence-electron chi connectivity index (χ3n) is 3.16. The fourth-order valence-corrected chi connectivity index (χ4v) is 2.16. The van der Waals surface area contributed by atoms with Crippen molar-refractivity contribution in [2.75, 3.05) is 13.1 Å². The molecule has 0 spiro atoms. The molecule has 0 saturated carbocycles. The maximum absolute atomic E-state index is 12.0. The predicted molar refractivity (Wildman–Crippen MR) is 68.9 cm³/mol. The van der Waals surface area contributed by atoms with Crippen LogP contribution < -0.4 is 5.73 Å². The van der Waals surface area contributed by atoms with Crippen LogP contribution in [-0.4, -0.2) is 29.9 Å². The Hall–Kier alpha value is -1.06. The molecule has 0 radical (unpaired) electrons. The summed E-state index contributed by atoms with van der Waals surface area (Å²) in [6.07, 6.45) is 2.27. The lowest BCUT2D eigenvalue weighted by atomic mass is 10.0. The number of nitrogens with zero attached hydrogens (tertiary/aromatic N) is 1. The smallest absolute Gasteiger partial charge is 0.226 e. The van der Waals surface area contributed by atoms with Gasteiger partial charge in [-0.05, 0) is 30.5 Å². The van der Waals surface area contributed by atoms with Crippen molar-refractivity contribution in [1.82, 2.24) is 4.90 Å². The van der Waals surface area contributed by atoms with Crippen molar-refractivity contribution in [2.24, 2.45) is 5.73 Å². The van der Waals surface area contributed by atoms with Crippen LogP contribution in [-0.2, 0) is 11.2 Å². The van der Waals surface area contributed by atoms with E-state index in [1.807, 2.05) is 29.2 Å². The van der Waals surface area contributed by atoms with E-state index in [1.165, 1.54) is 0 Å². The summed E-state index contributed by atoms with van der Waals surface area (Å²) < 4.78 is 0. The zero-order valence-electron chi connectivity index (χ0n) is 9.73. The second kappa shape index (κ2) is 5.52. The topological polar surface area (TPSA) is 46.3 Å². The third kappa shape index (κ3) is 3.45. The average Bonchev–Trinajstić information content (AvgIpc) is 2.33. The number of hydrogen-bond donors (Lipinski definition) is 1. The molecular formula is C13H17ClN2O. The van der Waals surface area contributed by atoms with Crippen LogP contribution in [0.5, 0.6) is 0 Å². The molecule has 1 heterocycles. The minimum atomic E-state index is 0.180. The molecule has 0 bridgehead atoms. The number of carbonyl (C=O) groups excluding carboxylic acids is 1. The van der Waals surface area contributed by atoms with E-state index < -0.39 is 0 Å². The molecule has 4 heteroatoms. The Morgan fingerprint density at radius 3 is 2.47 bits per heavy atom. The van der Waals surface area contributed by atoms with E-state index in [4.69, 9.17) is 17.3 Å². The molecule has 1 aliphatic rings. The van der Waals surface area contributed by atoms with Gasteiger partial charge in [0.15, 0.2) is 0 Å². The second-order valence-corrected chi connectivity index (χ2v) is 4.96. The molecule has 0 unspecified atom stereocenters. The van der Waals surface area contributed by atoms with Gasteiger partial charge in [0, 0.05) is 24.2 Å². The van der Waals surface area contributed by atoms with Gasteiger partial charge in [-0.15, -0.1) is 0 Å². The maximum atomic E-state index is 12.0. The molecule has 1 fully saturated rings. The molecule has 2 N–H and O–H groups in total. The zero-order chi connectivity index (χ0) is 12.3. The van der Waals surface area contributed by atoms with Gasteiger partial charge in [-0.25, -0.2) is 0 Å². The lowest BCUT2D eigenvalue weighted by Crippen LogP contribution is -2.43. The first-order chi connectivity index (χ1) is 8.15. The molecular weight excluding hydrogens is 236 g/mol. The van der Waals surface area contributed by atoms with Crippen molar-refractivity contribution in [1.29, 1.82) is 0 Å². The number of benzene rings is 1. The van der Waals surface area contributed by atoms with E-state index in [0.717, 1.165) is 31.5 Å². The monoisotopic (exact) mass is 252 g/mol. The van der Waals surface area contributed by atoms with Crippen molar-refractivity contribution >= 4 is 17.5 Å². The van der Waals surface area contributed by atoms with Crippen LogP contribution in [0.2, 0.25) is 5.02 Å². The van der Waals surface area contributed by atoms with Crippen molar-refractivity contribution in [3.63, 3.8) is 0 Å². The summed E-state index contributed by atoms with van der Waals surface area (Å²) in [6, 6.07) is 7.69. The van der Waals surface area contributed by atoms with E-state index in [0.29, 0.717) is 11.4 Å². The van der Waals surface area contributed by atoms with E-state index in [-0.39, 0.29) is 11.9 Å². The van der Waals surface area contributed by atoms with Crippen LogP contribution in [0.3, 0.4) is 0 Å². The number of amides is 1. The molecule has 3 nitrogen and oxygen atoms in total. The Balaban J connectivity index is 1.90. The number of rotatable bonds is 2. The van der Waals surface area contributed by atoms with Crippen LogP contribution >= 0.6 is 11.6 Å². The van der Waals surface area contributed by atoms with E-state index >= 15 is 0 Å². The second-order valence-electron chi connectivity index (χ2n) is 4.52. The van der Waals surface area contributed by atoms with E-state index in [1.54, 1.807) is 0 Å². The van der Waals surface area contributed by atoms with Gasteiger partial charge >= 0.3 is 0 Å². The molecule has 1 amide bonds. The summed E-state index contributed by atoms with van der Waals surface area (Å²) in [4.78, 5) is 13.9. The molecule has 2 rings (SSSR count). The number of hydrogen-bond acceptors (Lipinski definition) is 2. The fourth-order valence-electron chi connectivity index (χ4n) is 2.04. The maximum Gasteiger partial charge on any atom is 0.226 e. The molecule has 92 valence electrons. The van der Waals surface area contributed by atoms with Crippen LogP contribution in [0.1, 0.15) is 18.4 Å². The standard InChI is InChI=1S/C13H17ClN2O/c14-11-3-1-10(2-4-11)9-13(17)16-7-5-12(15)6-8-16/h1-4,12H,5-9,15H2. The lowest BCUT2D eigenvalue weighted by molar-refractivity contribution is -0.131. The largest absolute Gasteiger partial charge is 0.342 e. The van der Waals surface area contributed by atoms with E-state index in [9.17, 15) is 4.79 Å². The van der Waals surface area contributed by atoms with Gasteiger partial charge in [0.05, 0.1) is 6.42 Å². The number of piperidine rings is 1. The highest BCUT2D eigenvalue weighted by atomic mass is 35.5. The fraction of sp³-hybridized carbons (Fsp3) is 0.462. The van der Waals surface area contributed by atoms with Crippen molar-refractivity contribution in [3.05, 3.63) is 34.9 Å². The number of nitrogens with two attached hydrogens (primary N) is 1. The number of likely N-dealkylation sites (tertiary alicyclic amines) is 1. The summed E-state index contributed by atoms with van der Waals surface area (Å²) in [5.41, 5.74) is 6.82. The van der Waals surface area contributed by atoms with Crippen LogP contribution in [0.25, 0.3) is 0 Å². The van der Waals surface area contributed by atoms with Gasteiger partial charge in [0.1, 0.15) is 0 Å². The highest BCUT2D eigenvalue weighted by Crippen LogP contribution is 2.13. The number of halogens is 1. The van der Waals surface area contributed by atoms with Gasteiger partial charge in [0.2, 0.25) is 5.91 Å².